The lowest BCUT2D eigenvalue weighted by molar-refractivity contribution is -0.137. The van der Waals surface area contributed by atoms with Crippen molar-refractivity contribution in [1.29, 1.82) is 0 Å². The Hall–Kier alpha value is -3.49. The second-order valence-electron chi connectivity index (χ2n) is 7.53. The van der Waals surface area contributed by atoms with Crippen LogP contribution in [0.25, 0.3) is 22.8 Å². The molecule has 3 aromatic rings. The van der Waals surface area contributed by atoms with Gasteiger partial charge in [-0.25, -0.2) is 9.97 Å². The predicted molar refractivity (Wildman–Crippen MR) is 109 cm³/mol. The monoisotopic (exact) mass is 427 g/mol. The highest BCUT2D eigenvalue weighted by molar-refractivity contribution is 5.92. The second kappa shape index (κ2) is 7.64. The van der Waals surface area contributed by atoms with Crippen molar-refractivity contribution in [2.24, 2.45) is 7.05 Å². The molecule has 9 heteroatoms. The summed E-state index contributed by atoms with van der Waals surface area (Å²) in [6.07, 6.45) is -2.08. The topological polar surface area (TPSA) is 63.9 Å². The van der Waals surface area contributed by atoms with E-state index in [-0.39, 0.29) is 18.3 Å². The molecule has 6 nitrogen and oxygen atoms in total. The van der Waals surface area contributed by atoms with Crippen LogP contribution in [0.5, 0.6) is 0 Å². The lowest BCUT2D eigenvalue weighted by Gasteiger charge is -2.29. The van der Waals surface area contributed by atoms with E-state index in [4.69, 9.17) is 0 Å². The van der Waals surface area contributed by atoms with Gasteiger partial charge in [-0.1, -0.05) is 18.7 Å². The van der Waals surface area contributed by atoms with Crippen LogP contribution in [0, 0.1) is 0 Å². The molecule has 0 spiro atoms. The van der Waals surface area contributed by atoms with Gasteiger partial charge < -0.3 is 4.90 Å². The number of rotatable bonds is 3. The third-order valence-corrected chi connectivity index (χ3v) is 5.14. The molecule has 0 radical (unpaired) electrons. The van der Waals surface area contributed by atoms with E-state index in [0.717, 1.165) is 17.7 Å². The molecule has 160 valence electrons. The molecule has 0 atom stereocenters. The average molecular weight is 427 g/mol. The Labute approximate surface area is 177 Å². The Bertz CT molecular complexity index is 1160. The maximum atomic E-state index is 12.9. The Balaban J connectivity index is 1.81. The summed E-state index contributed by atoms with van der Waals surface area (Å²) in [5, 5.41) is 4.44. The summed E-state index contributed by atoms with van der Waals surface area (Å²) in [5.41, 5.74) is 2.97. The van der Waals surface area contributed by atoms with Gasteiger partial charge in [0.05, 0.1) is 23.5 Å². The van der Waals surface area contributed by atoms with Gasteiger partial charge >= 0.3 is 6.18 Å². The Morgan fingerprint density at radius 1 is 1.13 bits per heavy atom. The SMILES string of the molecule is C=C(C)C(=O)N1CCc2c(nc(-c3ccc(C(F)(F)F)cc3)nc2-c2ccn(C)n2)C1. The molecular formula is C22H20F3N5O. The second-order valence-corrected chi connectivity index (χ2v) is 7.53. The third kappa shape index (κ3) is 4.08. The molecule has 0 unspecified atom stereocenters. The molecule has 0 saturated carbocycles. The van der Waals surface area contributed by atoms with Crippen molar-refractivity contribution >= 4 is 5.91 Å². The molecule has 4 rings (SSSR count). The molecule has 1 aliphatic rings. The summed E-state index contributed by atoms with van der Waals surface area (Å²) in [7, 11) is 1.79. The first-order valence-corrected chi connectivity index (χ1v) is 9.65. The number of carbonyl (C=O) groups excluding carboxylic acids is 1. The fourth-order valence-corrected chi connectivity index (χ4v) is 3.56. The first kappa shape index (κ1) is 20.8. The molecular weight excluding hydrogens is 407 g/mol. The predicted octanol–water partition coefficient (Wildman–Crippen LogP) is 4.02. The number of benzene rings is 1. The summed E-state index contributed by atoms with van der Waals surface area (Å²) >= 11 is 0. The van der Waals surface area contributed by atoms with Crippen LogP contribution < -0.4 is 0 Å². The van der Waals surface area contributed by atoms with Crippen molar-refractivity contribution in [3.63, 3.8) is 0 Å². The highest BCUT2D eigenvalue weighted by Gasteiger charge is 2.31. The highest BCUT2D eigenvalue weighted by Crippen LogP contribution is 2.33. The number of carbonyl (C=O) groups is 1. The summed E-state index contributed by atoms with van der Waals surface area (Å²) in [6.45, 7) is 6.15. The molecule has 31 heavy (non-hydrogen) atoms. The average Bonchev–Trinajstić information content (AvgIpc) is 3.17. The molecule has 1 aromatic carbocycles. The van der Waals surface area contributed by atoms with E-state index in [1.807, 2.05) is 6.07 Å². The summed E-state index contributed by atoms with van der Waals surface area (Å²) < 4.78 is 40.5. The fraction of sp³-hybridized carbons (Fsp3) is 0.273. The van der Waals surface area contributed by atoms with Gasteiger partial charge in [-0.15, -0.1) is 0 Å². The van der Waals surface area contributed by atoms with Gasteiger partial charge in [0.2, 0.25) is 5.91 Å². The zero-order valence-electron chi connectivity index (χ0n) is 17.1. The number of amides is 1. The van der Waals surface area contributed by atoms with Crippen LogP contribution in [0.3, 0.4) is 0 Å². The van der Waals surface area contributed by atoms with E-state index >= 15 is 0 Å². The van der Waals surface area contributed by atoms with E-state index in [1.54, 1.807) is 29.7 Å². The minimum absolute atomic E-state index is 0.153. The zero-order valence-corrected chi connectivity index (χ0v) is 17.1. The number of halogens is 3. The van der Waals surface area contributed by atoms with Crippen molar-refractivity contribution in [1.82, 2.24) is 24.6 Å². The van der Waals surface area contributed by atoms with Crippen molar-refractivity contribution in [2.75, 3.05) is 6.54 Å². The molecule has 0 N–H and O–H groups in total. The van der Waals surface area contributed by atoms with E-state index < -0.39 is 11.7 Å². The third-order valence-electron chi connectivity index (χ3n) is 5.14. The van der Waals surface area contributed by atoms with Gasteiger partial charge in [0.1, 0.15) is 5.69 Å². The molecule has 0 bridgehead atoms. The fourth-order valence-electron chi connectivity index (χ4n) is 3.56. The number of nitrogens with zero attached hydrogens (tertiary/aromatic N) is 5. The van der Waals surface area contributed by atoms with E-state index in [1.165, 1.54) is 12.1 Å². The van der Waals surface area contributed by atoms with Crippen LogP contribution in [-0.2, 0) is 31.0 Å². The summed E-state index contributed by atoms with van der Waals surface area (Å²) in [6, 6.07) is 6.55. The van der Waals surface area contributed by atoms with Crippen LogP contribution in [0.1, 0.15) is 23.7 Å². The number of hydrogen-bond acceptors (Lipinski definition) is 4. The van der Waals surface area contributed by atoms with Crippen molar-refractivity contribution in [3.05, 3.63) is 65.5 Å². The van der Waals surface area contributed by atoms with Crippen LogP contribution in [-0.4, -0.2) is 37.1 Å². The molecule has 3 heterocycles. The summed E-state index contributed by atoms with van der Waals surface area (Å²) in [4.78, 5) is 23.3. The zero-order chi connectivity index (χ0) is 22.3. The van der Waals surface area contributed by atoms with Gasteiger partial charge in [0, 0.05) is 36.5 Å². The summed E-state index contributed by atoms with van der Waals surface area (Å²) in [5.74, 6) is 0.137. The molecule has 1 amide bonds. The maximum Gasteiger partial charge on any atom is 0.416 e. The van der Waals surface area contributed by atoms with Crippen LogP contribution in [0.4, 0.5) is 13.2 Å². The van der Waals surface area contributed by atoms with Crippen LogP contribution in [0.2, 0.25) is 0 Å². The first-order valence-electron chi connectivity index (χ1n) is 9.65. The molecule has 1 aliphatic heterocycles. The van der Waals surface area contributed by atoms with Gasteiger partial charge in [0.25, 0.3) is 0 Å². The van der Waals surface area contributed by atoms with Gasteiger partial charge in [-0.2, -0.15) is 18.3 Å². The van der Waals surface area contributed by atoms with E-state index in [0.29, 0.717) is 41.2 Å². The van der Waals surface area contributed by atoms with Gasteiger partial charge in [-0.05, 0) is 31.5 Å². The van der Waals surface area contributed by atoms with Crippen molar-refractivity contribution < 1.29 is 18.0 Å². The number of fused-ring (bicyclic) bond motifs is 1. The maximum absolute atomic E-state index is 12.9. The van der Waals surface area contributed by atoms with Gasteiger partial charge in [-0.3, -0.25) is 9.48 Å². The number of aryl methyl sites for hydroxylation is 1. The van der Waals surface area contributed by atoms with E-state index in [2.05, 4.69) is 21.6 Å². The molecule has 2 aromatic heterocycles. The Morgan fingerprint density at radius 2 is 1.84 bits per heavy atom. The standard InChI is InChI=1S/C22H20F3N5O/c1-13(2)21(31)30-11-8-16-18(12-30)26-20(27-19(16)17-9-10-29(3)28-17)14-4-6-15(7-5-14)22(23,24)25/h4-7,9-10H,1,8,11-12H2,2-3H3. The highest BCUT2D eigenvalue weighted by atomic mass is 19.4. The Morgan fingerprint density at radius 3 is 2.42 bits per heavy atom. The van der Waals surface area contributed by atoms with Crippen LogP contribution >= 0.6 is 0 Å². The minimum Gasteiger partial charge on any atom is -0.333 e. The van der Waals surface area contributed by atoms with Gasteiger partial charge in [0.15, 0.2) is 5.82 Å². The lowest BCUT2D eigenvalue weighted by Crippen LogP contribution is -2.37. The number of hydrogen-bond donors (Lipinski definition) is 0. The first-order chi connectivity index (χ1) is 14.6. The van der Waals surface area contributed by atoms with Crippen LogP contribution in [0.15, 0.2) is 48.7 Å². The van der Waals surface area contributed by atoms with Crippen molar-refractivity contribution in [3.8, 4) is 22.8 Å². The van der Waals surface area contributed by atoms with Crippen molar-refractivity contribution in [2.45, 2.75) is 26.1 Å². The number of alkyl halides is 3. The lowest BCUT2D eigenvalue weighted by atomic mass is 9.99. The molecule has 0 fully saturated rings. The quantitative estimate of drug-likeness (QED) is 0.593. The smallest absolute Gasteiger partial charge is 0.333 e. The minimum atomic E-state index is -4.42. The van der Waals surface area contributed by atoms with E-state index in [9.17, 15) is 18.0 Å². The Kier molecular flexibility index (Phi) is 5.12. The molecule has 0 saturated heterocycles. The molecule has 0 aliphatic carbocycles. The largest absolute Gasteiger partial charge is 0.416 e. The number of aromatic nitrogens is 4. The normalized spacial score (nSPS) is 13.8.